The molecule has 1 N–H and O–H groups in total. The molecule has 2 rings (SSSR count). The van der Waals surface area contributed by atoms with Gasteiger partial charge in [-0.25, -0.2) is 4.79 Å². The molecule has 0 bridgehead atoms. The number of furan rings is 1. The Kier molecular flexibility index (Phi) is 5.55. The van der Waals surface area contributed by atoms with Gasteiger partial charge in [0.25, 0.3) is 0 Å². The van der Waals surface area contributed by atoms with Crippen LogP contribution in [0.1, 0.15) is 52.3 Å². The summed E-state index contributed by atoms with van der Waals surface area (Å²) in [6.45, 7) is 9.21. The number of hydrogen-bond donors (Lipinski definition) is 1. The third-order valence-corrected chi connectivity index (χ3v) is 4.08. The second kappa shape index (κ2) is 7.04. The molecule has 1 unspecified atom stereocenters. The van der Waals surface area contributed by atoms with E-state index in [1.165, 1.54) is 0 Å². The topological polar surface area (TPSA) is 54.7 Å². The Balaban J connectivity index is 1.78. The number of likely N-dealkylation sites (tertiary alicyclic amines) is 1. The molecule has 1 aliphatic heterocycles. The average molecular weight is 373 g/mol. The lowest BCUT2D eigenvalue weighted by molar-refractivity contribution is 0.0195. The Morgan fingerprint density at radius 2 is 2.05 bits per heavy atom. The van der Waals surface area contributed by atoms with E-state index in [4.69, 9.17) is 9.15 Å². The van der Waals surface area contributed by atoms with E-state index in [1.807, 2.05) is 32.9 Å². The van der Waals surface area contributed by atoms with Crippen LogP contribution in [0.3, 0.4) is 0 Å². The predicted octanol–water partition coefficient (Wildman–Crippen LogP) is 4.09. The average Bonchev–Trinajstić information content (AvgIpc) is 2.84. The summed E-state index contributed by atoms with van der Waals surface area (Å²) < 4.78 is 11.7. The van der Waals surface area contributed by atoms with Crippen molar-refractivity contribution in [2.75, 3.05) is 13.1 Å². The van der Waals surface area contributed by atoms with Crippen LogP contribution in [0.2, 0.25) is 0 Å². The van der Waals surface area contributed by atoms with Crippen LogP contribution in [0.25, 0.3) is 0 Å². The lowest BCUT2D eigenvalue weighted by atomic mass is 10.0. The fraction of sp³-hybridized carbons (Fsp3) is 0.688. The summed E-state index contributed by atoms with van der Waals surface area (Å²) in [5.74, 6) is 0.918. The van der Waals surface area contributed by atoms with Crippen LogP contribution in [0.5, 0.6) is 0 Å². The number of halogens is 1. The molecule has 1 atom stereocenters. The van der Waals surface area contributed by atoms with Crippen molar-refractivity contribution in [3.05, 3.63) is 22.6 Å². The Hall–Kier alpha value is -1.01. The molecule has 1 saturated heterocycles. The summed E-state index contributed by atoms with van der Waals surface area (Å²) >= 11 is 3.32. The van der Waals surface area contributed by atoms with E-state index in [1.54, 1.807) is 4.90 Å². The van der Waals surface area contributed by atoms with Crippen LogP contribution >= 0.6 is 15.9 Å². The molecule has 5 nitrogen and oxygen atoms in total. The van der Waals surface area contributed by atoms with E-state index in [0.29, 0.717) is 6.04 Å². The van der Waals surface area contributed by atoms with Crippen LogP contribution in [-0.4, -0.2) is 35.7 Å². The van der Waals surface area contributed by atoms with Gasteiger partial charge in [-0.2, -0.15) is 0 Å². The molecule has 1 fully saturated rings. The fourth-order valence-electron chi connectivity index (χ4n) is 2.55. The SMILES string of the molecule is CC(NC1CCN(C(=O)OC(C)(C)C)CC1)c1ccc(Br)o1. The summed E-state index contributed by atoms with van der Waals surface area (Å²) in [5.41, 5.74) is -0.437. The van der Waals surface area contributed by atoms with Gasteiger partial charge in [0.05, 0.1) is 6.04 Å². The normalized spacial score (nSPS) is 18.3. The van der Waals surface area contributed by atoms with Crippen LogP contribution in [0.4, 0.5) is 4.79 Å². The molecule has 6 heteroatoms. The lowest BCUT2D eigenvalue weighted by Crippen LogP contribution is -2.46. The molecule has 1 aliphatic rings. The van der Waals surface area contributed by atoms with Gasteiger partial charge in [0.15, 0.2) is 4.67 Å². The van der Waals surface area contributed by atoms with Crippen molar-refractivity contribution in [1.29, 1.82) is 0 Å². The molecule has 0 aromatic carbocycles. The van der Waals surface area contributed by atoms with Crippen LogP contribution in [-0.2, 0) is 4.74 Å². The van der Waals surface area contributed by atoms with Crippen molar-refractivity contribution < 1.29 is 13.9 Å². The van der Waals surface area contributed by atoms with Gasteiger partial charge in [-0.15, -0.1) is 0 Å². The summed E-state index contributed by atoms with van der Waals surface area (Å²) in [4.78, 5) is 13.8. The zero-order valence-corrected chi connectivity index (χ0v) is 15.3. The largest absolute Gasteiger partial charge is 0.453 e. The highest BCUT2D eigenvalue weighted by atomic mass is 79.9. The van der Waals surface area contributed by atoms with Gasteiger partial charge in [-0.3, -0.25) is 0 Å². The van der Waals surface area contributed by atoms with Crippen LogP contribution in [0.15, 0.2) is 21.2 Å². The standard InChI is InChI=1S/C16H25BrN2O3/c1-11(13-5-6-14(17)21-13)18-12-7-9-19(10-8-12)15(20)22-16(2,3)4/h5-6,11-12,18H,7-10H2,1-4H3. The number of ether oxygens (including phenoxy) is 1. The minimum Gasteiger partial charge on any atom is -0.453 e. The second-order valence-corrected chi connectivity index (χ2v) is 7.55. The van der Waals surface area contributed by atoms with Crippen molar-refractivity contribution in [2.45, 2.75) is 58.2 Å². The lowest BCUT2D eigenvalue weighted by Gasteiger charge is -2.34. The number of carbonyl (C=O) groups excluding carboxylic acids is 1. The van der Waals surface area contributed by atoms with E-state index < -0.39 is 5.60 Å². The second-order valence-electron chi connectivity index (χ2n) is 6.77. The maximum absolute atomic E-state index is 12.0. The molecular formula is C16H25BrN2O3. The zero-order valence-electron chi connectivity index (χ0n) is 13.7. The third kappa shape index (κ3) is 5.02. The summed E-state index contributed by atoms with van der Waals surface area (Å²) in [7, 11) is 0. The van der Waals surface area contributed by atoms with Gasteiger partial charge in [0, 0.05) is 19.1 Å². The molecule has 0 saturated carbocycles. The van der Waals surface area contributed by atoms with Crippen molar-refractivity contribution >= 4 is 22.0 Å². The number of carbonyl (C=O) groups is 1. The molecule has 2 heterocycles. The van der Waals surface area contributed by atoms with Gasteiger partial charge in [0.2, 0.25) is 0 Å². The number of hydrogen-bond acceptors (Lipinski definition) is 4. The third-order valence-electron chi connectivity index (χ3n) is 3.65. The summed E-state index contributed by atoms with van der Waals surface area (Å²) in [6, 6.07) is 4.41. The van der Waals surface area contributed by atoms with Gasteiger partial charge < -0.3 is 19.4 Å². The highest BCUT2D eigenvalue weighted by Crippen LogP contribution is 2.22. The van der Waals surface area contributed by atoms with E-state index >= 15 is 0 Å². The monoisotopic (exact) mass is 372 g/mol. The fourth-order valence-corrected chi connectivity index (χ4v) is 2.87. The van der Waals surface area contributed by atoms with Gasteiger partial charge in [-0.05, 0) is 68.6 Å². The molecule has 1 aromatic rings. The van der Waals surface area contributed by atoms with Gasteiger partial charge in [-0.1, -0.05) is 0 Å². The molecule has 0 spiro atoms. The van der Waals surface area contributed by atoms with E-state index in [9.17, 15) is 4.79 Å². The predicted molar refractivity (Wildman–Crippen MR) is 88.8 cm³/mol. The smallest absolute Gasteiger partial charge is 0.410 e. The molecule has 22 heavy (non-hydrogen) atoms. The molecule has 0 radical (unpaired) electrons. The van der Waals surface area contributed by atoms with Crippen molar-refractivity contribution in [3.63, 3.8) is 0 Å². The van der Waals surface area contributed by atoms with Crippen molar-refractivity contribution in [2.24, 2.45) is 0 Å². The van der Waals surface area contributed by atoms with E-state index in [2.05, 4.69) is 28.2 Å². The minimum absolute atomic E-state index is 0.157. The van der Waals surface area contributed by atoms with Crippen molar-refractivity contribution in [3.8, 4) is 0 Å². The maximum atomic E-state index is 12.0. The first-order valence-corrected chi connectivity index (χ1v) is 8.53. The molecular weight excluding hydrogens is 348 g/mol. The Bertz CT molecular complexity index is 502. The van der Waals surface area contributed by atoms with Crippen LogP contribution < -0.4 is 5.32 Å². The first kappa shape index (κ1) is 17.3. The highest BCUT2D eigenvalue weighted by Gasteiger charge is 2.27. The number of nitrogens with zero attached hydrogens (tertiary/aromatic N) is 1. The first-order chi connectivity index (χ1) is 10.2. The highest BCUT2D eigenvalue weighted by molar-refractivity contribution is 9.10. The zero-order chi connectivity index (χ0) is 16.3. The molecule has 124 valence electrons. The van der Waals surface area contributed by atoms with Crippen molar-refractivity contribution in [1.82, 2.24) is 10.2 Å². The molecule has 1 amide bonds. The van der Waals surface area contributed by atoms with Gasteiger partial charge >= 0.3 is 6.09 Å². The quantitative estimate of drug-likeness (QED) is 0.867. The summed E-state index contributed by atoms with van der Waals surface area (Å²) in [6.07, 6.45) is 1.63. The Labute approximate surface area is 140 Å². The number of amides is 1. The van der Waals surface area contributed by atoms with Crippen LogP contribution in [0, 0.1) is 0 Å². The molecule has 0 aliphatic carbocycles. The summed E-state index contributed by atoms with van der Waals surface area (Å²) in [5, 5.41) is 3.56. The van der Waals surface area contributed by atoms with E-state index in [0.717, 1.165) is 36.4 Å². The minimum atomic E-state index is -0.437. The molecule has 1 aromatic heterocycles. The number of rotatable bonds is 3. The first-order valence-electron chi connectivity index (χ1n) is 7.74. The number of piperidine rings is 1. The maximum Gasteiger partial charge on any atom is 0.410 e. The Morgan fingerprint density at radius 1 is 1.41 bits per heavy atom. The Morgan fingerprint density at radius 3 is 2.55 bits per heavy atom. The van der Waals surface area contributed by atoms with E-state index in [-0.39, 0.29) is 12.1 Å². The van der Waals surface area contributed by atoms with Gasteiger partial charge in [0.1, 0.15) is 11.4 Å². The number of nitrogens with one attached hydrogen (secondary N) is 1.